The van der Waals surface area contributed by atoms with Crippen molar-refractivity contribution in [3.05, 3.63) is 35.4 Å². The predicted octanol–water partition coefficient (Wildman–Crippen LogP) is 3.14. The van der Waals surface area contributed by atoms with E-state index in [-0.39, 0.29) is 12.5 Å². The third kappa shape index (κ3) is 9.44. The van der Waals surface area contributed by atoms with Gasteiger partial charge in [0.15, 0.2) is 0 Å². The van der Waals surface area contributed by atoms with Crippen molar-refractivity contribution in [1.29, 1.82) is 0 Å². The second kappa shape index (κ2) is 14.3. The highest BCUT2D eigenvalue weighted by Gasteiger charge is 2.35. The van der Waals surface area contributed by atoms with Crippen LogP contribution in [-0.2, 0) is 14.3 Å². The molecule has 0 aromatic heterocycles. The van der Waals surface area contributed by atoms with Crippen molar-refractivity contribution in [3.8, 4) is 12.3 Å². The first kappa shape index (κ1) is 29.0. The topological polar surface area (TPSA) is 108 Å². The molecule has 34 heavy (non-hydrogen) atoms. The third-order valence-electron chi connectivity index (χ3n) is 4.95. The van der Waals surface area contributed by atoms with Crippen LogP contribution >= 0.6 is 0 Å². The molecule has 0 spiro atoms. The highest BCUT2D eigenvalue weighted by atomic mass is 16.6. The molecule has 8 heteroatoms. The highest BCUT2D eigenvalue weighted by Crippen LogP contribution is 2.23. The van der Waals surface area contributed by atoms with Crippen LogP contribution in [0.15, 0.2) is 24.3 Å². The number of hydrogen-bond acceptors (Lipinski definition) is 5. The Morgan fingerprint density at radius 2 is 1.76 bits per heavy atom. The number of nitrogens with one attached hydrogen (secondary N) is 2. The number of benzene rings is 1. The molecule has 0 radical (unpaired) electrons. The van der Waals surface area contributed by atoms with Crippen LogP contribution in [0.4, 0.5) is 4.79 Å². The SMILES string of the molecule is C#Cc1ccc(C(C(=O)NCCCCC)N(CCC)C(=O)C(CO)NC(=O)OC(C)(C)C)cc1. The number of aliphatic hydroxyl groups excluding tert-OH is 1. The number of terminal acetylenes is 1. The summed E-state index contributed by atoms with van der Waals surface area (Å²) in [6.07, 6.45) is 8.02. The molecular weight excluding hydrogens is 434 g/mol. The van der Waals surface area contributed by atoms with Crippen LogP contribution in [0.3, 0.4) is 0 Å². The molecule has 0 aliphatic rings. The first-order valence-electron chi connectivity index (χ1n) is 11.8. The molecule has 0 aliphatic heterocycles. The Hall–Kier alpha value is -3.05. The van der Waals surface area contributed by atoms with E-state index in [1.807, 2.05) is 6.92 Å². The van der Waals surface area contributed by atoms with Crippen molar-refractivity contribution in [2.75, 3.05) is 19.7 Å². The smallest absolute Gasteiger partial charge is 0.408 e. The Kier molecular flexibility index (Phi) is 12.2. The fourth-order valence-corrected chi connectivity index (χ4v) is 3.36. The van der Waals surface area contributed by atoms with E-state index in [1.165, 1.54) is 4.90 Å². The molecule has 0 saturated heterocycles. The molecule has 188 valence electrons. The molecule has 8 nitrogen and oxygen atoms in total. The number of nitrogens with zero attached hydrogens (tertiary/aromatic N) is 1. The fourth-order valence-electron chi connectivity index (χ4n) is 3.36. The van der Waals surface area contributed by atoms with Gasteiger partial charge in [-0.1, -0.05) is 44.7 Å². The number of rotatable bonds is 12. The maximum absolute atomic E-state index is 13.5. The van der Waals surface area contributed by atoms with Gasteiger partial charge in [-0.2, -0.15) is 0 Å². The molecule has 0 fully saturated rings. The summed E-state index contributed by atoms with van der Waals surface area (Å²) >= 11 is 0. The van der Waals surface area contributed by atoms with Crippen LogP contribution < -0.4 is 10.6 Å². The summed E-state index contributed by atoms with van der Waals surface area (Å²) < 4.78 is 5.22. The Balaban J connectivity index is 3.26. The first-order valence-corrected chi connectivity index (χ1v) is 11.8. The van der Waals surface area contributed by atoms with Gasteiger partial charge >= 0.3 is 6.09 Å². The van der Waals surface area contributed by atoms with Gasteiger partial charge in [-0.3, -0.25) is 9.59 Å². The average molecular weight is 474 g/mol. The zero-order chi connectivity index (χ0) is 25.7. The first-order chi connectivity index (χ1) is 16.1. The van der Waals surface area contributed by atoms with E-state index < -0.39 is 36.3 Å². The number of carbonyl (C=O) groups is 3. The monoisotopic (exact) mass is 473 g/mol. The summed E-state index contributed by atoms with van der Waals surface area (Å²) in [5.41, 5.74) is 0.470. The van der Waals surface area contributed by atoms with E-state index in [0.29, 0.717) is 24.1 Å². The van der Waals surface area contributed by atoms with E-state index >= 15 is 0 Å². The zero-order valence-corrected chi connectivity index (χ0v) is 21.0. The summed E-state index contributed by atoms with van der Waals surface area (Å²) in [4.78, 5) is 40.4. The van der Waals surface area contributed by atoms with Crippen molar-refractivity contribution in [2.45, 2.75) is 78.0 Å². The minimum absolute atomic E-state index is 0.245. The molecule has 0 heterocycles. The lowest BCUT2D eigenvalue weighted by atomic mass is 10.0. The second-order valence-corrected chi connectivity index (χ2v) is 9.08. The lowest BCUT2D eigenvalue weighted by molar-refractivity contribution is -0.143. The number of amides is 3. The van der Waals surface area contributed by atoms with Crippen LogP contribution in [-0.4, -0.2) is 59.3 Å². The maximum Gasteiger partial charge on any atom is 0.408 e. The van der Waals surface area contributed by atoms with Crippen molar-refractivity contribution >= 4 is 17.9 Å². The van der Waals surface area contributed by atoms with E-state index in [0.717, 1.165) is 19.3 Å². The summed E-state index contributed by atoms with van der Waals surface area (Å²) in [5.74, 6) is 1.63. The molecule has 0 aliphatic carbocycles. The molecular formula is C26H39N3O5. The quantitative estimate of drug-likeness (QED) is 0.319. The van der Waals surface area contributed by atoms with E-state index in [9.17, 15) is 19.5 Å². The van der Waals surface area contributed by atoms with E-state index in [2.05, 4.69) is 23.5 Å². The molecule has 1 aromatic carbocycles. The molecule has 1 rings (SSSR count). The highest BCUT2D eigenvalue weighted by molar-refractivity contribution is 5.92. The molecule has 3 N–H and O–H groups in total. The molecule has 3 amide bonds. The van der Waals surface area contributed by atoms with Crippen molar-refractivity contribution in [2.24, 2.45) is 0 Å². The normalized spacial score (nSPS) is 12.7. The van der Waals surface area contributed by atoms with Crippen LogP contribution in [0, 0.1) is 12.3 Å². The third-order valence-corrected chi connectivity index (χ3v) is 4.95. The summed E-state index contributed by atoms with van der Waals surface area (Å²) in [5, 5.41) is 15.2. The van der Waals surface area contributed by atoms with Gasteiger partial charge in [0.1, 0.15) is 17.7 Å². The van der Waals surface area contributed by atoms with Crippen LogP contribution in [0.1, 0.15) is 77.5 Å². The fraction of sp³-hybridized carbons (Fsp3) is 0.577. The van der Waals surface area contributed by atoms with Crippen molar-refractivity contribution in [3.63, 3.8) is 0 Å². The molecule has 1 aromatic rings. The van der Waals surface area contributed by atoms with E-state index in [1.54, 1.807) is 45.0 Å². The number of unbranched alkanes of at least 4 members (excludes halogenated alkanes) is 2. The molecule has 0 saturated carbocycles. The zero-order valence-electron chi connectivity index (χ0n) is 21.0. The molecule has 2 atom stereocenters. The standard InChI is InChI=1S/C26H39N3O5/c1-7-10-11-16-27-23(31)22(20-14-12-19(9-3)13-15-20)29(17-8-2)24(32)21(18-30)28-25(33)34-26(4,5)6/h3,12-15,21-22,30H,7-8,10-11,16-18H2,1-2,4-6H3,(H,27,31)(H,28,33). The van der Waals surface area contributed by atoms with Gasteiger partial charge in [0.05, 0.1) is 6.61 Å². The summed E-state index contributed by atoms with van der Waals surface area (Å²) in [7, 11) is 0. The summed E-state index contributed by atoms with van der Waals surface area (Å²) in [6, 6.07) is 4.65. The van der Waals surface area contributed by atoms with Crippen molar-refractivity contribution in [1.82, 2.24) is 15.5 Å². The molecule has 2 unspecified atom stereocenters. The van der Waals surface area contributed by atoms with Crippen molar-refractivity contribution < 1.29 is 24.2 Å². The van der Waals surface area contributed by atoms with Gasteiger partial charge in [-0.05, 0) is 51.3 Å². The van der Waals surface area contributed by atoms with Crippen LogP contribution in [0.25, 0.3) is 0 Å². The number of alkyl carbamates (subject to hydrolysis) is 1. The Bertz CT molecular complexity index is 839. The van der Waals surface area contributed by atoms with Crippen LogP contribution in [0.2, 0.25) is 0 Å². The van der Waals surface area contributed by atoms with Gasteiger partial charge in [-0.15, -0.1) is 6.42 Å². The largest absolute Gasteiger partial charge is 0.444 e. The lowest BCUT2D eigenvalue weighted by Crippen LogP contribution is -2.54. The van der Waals surface area contributed by atoms with Crippen LogP contribution in [0.5, 0.6) is 0 Å². The van der Waals surface area contributed by atoms with Gasteiger partial charge in [0, 0.05) is 18.7 Å². The number of ether oxygens (including phenoxy) is 1. The number of carbonyl (C=O) groups excluding carboxylic acids is 3. The van der Waals surface area contributed by atoms with Gasteiger partial charge in [0.2, 0.25) is 11.8 Å². The average Bonchev–Trinajstić information content (AvgIpc) is 2.78. The maximum atomic E-state index is 13.5. The number of hydrogen-bond donors (Lipinski definition) is 3. The van der Waals surface area contributed by atoms with Gasteiger partial charge < -0.3 is 25.4 Å². The second-order valence-electron chi connectivity index (χ2n) is 9.08. The van der Waals surface area contributed by atoms with Gasteiger partial charge in [0.25, 0.3) is 0 Å². The van der Waals surface area contributed by atoms with E-state index in [4.69, 9.17) is 11.2 Å². The number of aliphatic hydroxyl groups is 1. The summed E-state index contributed by atoms with van der Waals surface area (Å²) in [6.45, 7) is 9.15. The molecule has 0 bridgehead atoms. The minimum atomic E-state index is -1.26. The Labute approximate surface area is 203 Å². The minimum Gasteiger partial charge on any atom is -0.444 e. The van der Waals surface area contributed by atoms with Gasteiger partial charge in [-0.25, -0.2) is 4.79 Å². The Morgan fingerprint density at radius 3 is 2.26 bits per heavy atom. The lowest BCUT2D eigenvalue weighted by Gasteiger charge is -2.34. The Morgan fingerprint density at radius 1 is 1.12 bits per heavy atom. The predicted molar refractivity (Wildman–Crippen MR) is 132 cm³/mol.